The van der Waals surface area contributed by atoms with Gasteiger partial charge in [-0.05, 0) is 31.0 Å². The maximum atomic E-state index is 11.9. The summed E-state index contributed by atoms with van der Waals surface area (Å²) in [5, 5.41) is 5.88. The lowest BCUT2D eigenvalue weighted by Gasteiger charge is -2.15. The Balaban J connectivity index is 1.86. The van der Waals surface area contributed by atoms with E-state index >= 15 is 0 Å². The SMILES string of the molecule is O=C(Nc1cccc(Cl)c1)C(=O)NC1CCCCCC1. The van der Waals surface area contributed by atoms with E-state index in [2.05, 4.69) is 10.6 Å². The zero-order valence-corrected chi connectivity index (χ0v) is 12.1. The normalized spacial score (nSPS) is 16.2. The van der Waals surface area contributed by atoms with E-state index in [1.807, 2.05) is 0 Å². The number of carbonyl (C=O) groups excluding carboxylic acids is 2. The van der Waals surface area contributed by atoms with Crippen LogP contribution in [0.4, 0.5) is 5.69 Å². The largest absolute Gasteiger partial charge is 0.345 e. The van der Waals surface area contributed by atoms with Crippen molar-refractivity contribution in [3.05, 3.63) is 29.3 Å². The molecule has 1 aromatic rings. The molecule has 0 unspecified atom stereocenters. The molecule has 1 aliphatic rings. The molecular formula is C15H19ClN2O2. The van der Waals surface area contributed by atoms with Crippen LogP contribution >= 0.6 is 11.6 Å². The predicted molar refractivity (Wildman–Crippen MR) is 79.7 cm³/mol. The average molecular weight is 295 g/mol. The molecule has 2 N–H and O–H groups in total. The lowest BCUT2D eigenvalue weighted by atomic mass is 10.1. The molecule has 0 aliphatic heterocycles. The van der Waals surface area contributed by atoms with Gasteiger partial charge in [-0.2, -0.15) is 0 Å². The van der Waals surface area contributed by atoms with Gasteiger partial charge >= 0.3 is 11.8 Å². The molecule has 4 nitrogen and oxygen atoms in total. The highest BCUT2D eigenvalue weighted by atomic mass is 35.5. The van der Waals surface area contributed by atoms with E-state index in [1.165, 1.54) is 12.8 Å². The van der Waals surface area contributed by atoms with Crippen molar-refractivity contribution >= 4 is 29.1 Å². The van der Waals surface area contributed by atoms with Gasteiger partial charge in [-0.25, -0.2) is 0 Å². The van der Waals surface area contributed by atoms with E-state index in [9.17, 15) is 9.59 Å². The first-order chi connectivity index (χ1) is 9.65. The third kappa shape index (κ3) is 4.53. The predicted octanol–water partition coefficient (Wildman–Crippen LogP) is 3.12. The van der Waals surface area contributed by atoms with Crippen LogP contribution in [-0.4, -0.2) is 17.9 Å². The molecule has 1 fully saturated rings. The Hall–Kier alpha value is -1.55. The number of amides is 2. The van der Waals surface area contributed by atoms with Crippen LogP contribution < -0.4 is 10.6 Å². The van der Waals surface area contributed by atoms with Gasteiger partial charge in [0.25, 0.3) is 0 Å². The third-order valence-electron chi connectivity index (χ3n) is 3.48. The molecule has 0 heterocycles. The fourth-order valence-corrected chi connectivity index (χ4v) is 2.62. The van der Waals surface area contributed by atoms with Gasteiger partial charge in [-0.1, -0.05) is 43.4 Å². The number of hydrogen-bond acceptors (Lipinski definition) is 2. The molecule has 20 heavy (non-hydrogen) atoms. The maximum Gasteiger partial charge on any atom is 0.313 e. The topological polar surface area (TPSA) is 58.2 Å². The molecule has 0 saturated heterocycles. The Morgan fingerprint density at radius 3 is 2.40 bits per heavy atom. The van der Waals surface area contributed by atoms with E-state index < -0.39 is 11.8 Å². The second-order valence-corrected chi connectivity index (χ2v) is 5.56. The van der Waals surface area contributed by atoms with Crippen LogP contribution in [0.25, 0.3) is 0 Å². The number of anilines is 1. The van der Waals surface area contributed by atoms with E-state index in [1.54, 1.807) is 24.3 Å². The van der Waals surface area contributed by atoms with E-state index in [-0.39, 0.29) is 6.04 Å². The Labute approximate surface area is 123 Å². The molecule has 2 rings (SSSR count). The molecule has 1 aliphatic carbocycles. The van der Waals surface area contributed by atoms with Gasteiger partial charge in [-0.3, -0.25) is 9.59 Å². The summed E-state index contributed by atoms with van der Waals surface area (Å²) in [5.41, 5.74) is 0.526. The summed E-state index contributed by atoms with van der Waals surface area (Å²) in [5.74, 6) is -1.21. The Bertz CT molecular complexity index is 483. The van der Waals surface area contributed by atoms with Crippen molar-refractivity contribution in [1.29, 1.82) is 0 Å². The zero-order valence-electron chi connectivity index (χ0n) is 11.3. The number of rotatable bonds is 2. The summed E-state index contributed by atoms with van der Waals surface area (Å²) in [6.07, 6.45) is 6.55. The van der Waals surface area contributed by atoms with Crippen LogP contribution in [0.5, 0.6) is 0 Å². The molecule has 108 valence electrons. The summed E-state index contributed by atoms with van der Waals surface area (Å²) in [6.45, 7) is 0. The Morgan fingerprint density at radius 2 is 1.75 bits per heavy atom. The van der Waals surface area contributed by atoms with Crippen LogP contribution in [0.3, 0.4) is 0 Å². The molecule has 0 spiro atoms. The second kappa shape index (κ2) is 7.29. The number of nitrogens with one attached hydrogen (secondary N) is 2. The quantitative estimate of drug-likeness (QED) is 0.650. The highest BCUT2D eigenvalue weighted by Crippen LogP contribution is 2.17. The van der Waals surface area contributed by atoms with Crippen molar-refractivity contribution in [2.45, 2.75) is 44.6 Å². The molecule has 0 radical (unpaired) electrons. The van der Waals surface area contributed by atoms with Crippen LogP contribution in [-0.2, 0) is 9.59 Å². The molecule has 1 aromatic carbocycles. The minimum atomic E-state index is -0.642. The van der Waals surface area contributed by atoms with Crippen LogP contribution in [0, 0.1) is 0 Å². The van der Waals surface area contributed by atoms with Gasteiger partial charge < -0.3 is 10.6 Å². The van der Waals surface area contributed by atoms with Gasteiger partial charge in [0.15, 0.2) is 0 Å². The fraction of sp³-hybridized carbons (Fsp3) is 0.467. The van der Waals surface area contributed by atoms with Gasteiger partial charge in [0.1, 0.15) is 0 Å². The molecular weight excluding hydrogens is 276 g/mol. The van der Waals surface area contributed by atoms with Crippen molar-refractivity contribution in [3.8, 4) is 0 Å². The molecule has 0 aromatic heterocycles. The van der Waals surface area contributed by atoms with Crippen LogP contribution in [0.1, 0.15) is 38.5 Å². The highest BCUT2D eigenvalue weighted by molar-refractivity contribution is 6.40. The lowest BCUT2D eigenvalue weighted by Crippen LogP contribution is -2.41. The lowest BCUT2D eigenvalue weighted by molar-refractivity contribution is -0.136. The minimum Gasteiger partial charge on any atom is -0.345 e. The minimum absolute atomic E-state index is 0.120. The molecule has 1 saturated carbocycles. The molecule has 0 bridgehead atoms. The molecule has 2 amide bonds. The number of halogens is 1. The van der Waals surface area contributed by atoms with E-state index in [0.29, 0.717) is 10.7 Å². The highest BCUT2D eigenvalue weighted by Gasteiger charge is 2.19. The van der Waals surface area contributed by atoms with Gasteiger partial charge in [0, 0.05) is 16.8 Å². The standard InChI is InChI=1S/C15H19ClN2O2/c16-11-6-5-9-13(10-11)18-15(20)14(19)17-12-7-3-1-2-4-8-12/h5-6,9-10,12H,1-4,7-8H2,(H,17,19)(H,18,20). The maximum absolute atomic E-state index is 11.9. The summed E-state index contributed by atoms with van der Waals surface area (Å²) in [4.78, 5) is 23.7. The van der Waals surface area contributed by atoms with Crippen molar-refractivity contribution in [2.75, 3.05) is 5.32 Å². The van der Waals surface area contributed by atoms with E-state index in [0.717, 1.165) is 25.7 Å². The smallest absolute Gasteiger partial charge is 0.313 e. The van der Waals surface area contributed by atoms with Gasteiger partial charge in [-0.15, -0.1) is 0 Å². The van der Waals surface area contributed by atoms with Gasteiger partial charge in [0.2, 0.25) is 0 Å². The van der Waals surface area contributed by atoms with Crippen LogP contribution in [0.2, 0.25) is 5.02 Å². The number of hydrogen-bond donors (Lipinski definition) is 2. The number of carbonyl (C=O) groups is 2. The average Bonchev–Trinajstić information content (AvgIpc) is 2.67. The fourth-order valence-electron chi connectivity index (χ4n) is 2.43. The Kier molecular flexibility index (Phi) is 5.41. The first kappa shape index (κ1) is 14.9. The summed E-state index contributed by atoms with van der Waals surface area (Å²) in [6, 6.07) is 6.86. The third-order valence-corrected chi connectivity index (χ3v) is 3.71. The summed E-state index contributed by atoms with van der Waals surface area (Å²) < 4.78 is 0. The Morgan fingerprint density at radius 1 is 1.05 bits per heavy atom. The van der Waals surface area contributed by atoms with Crippen molar-refractivity contribution in [1.82, 2.24) is 5.32 Å². The second-order valence-electron chi connectivity index (χ2n) is 5.13. The van der Waals surface area contributed by atoms with Crippen LogP contribution in [0.15, 0.2) is 24.3 Å². The number of benzene rings is 1. The van der Waals surface area contributed by atoms with Crippen molar-refractivity contribution in [3.63, 3.8) is 0 Å². The molecule has 0 atom stereocenters. The van der Waals surface area contributed by atoms with E-state index in [4.69, 9.17) is 11.6 Å². The first-order valence-electron chi connectivity index (χ1n) is 7.02. The summed E-state index contributed by atoms with van der Waals surface area (Å²) in [7, 11) is 0. The zero-order chi connectivity index (χ0) is 14.4. The summed E-state index contributed by atoms with van der Waals surface area (Å²) >= 11 is 5.83. The monoisotopic (exact) mass is 294 g/mol. The molecule has 5 heteroatoms. The van der Waals surface area contributed by atoms with Gasteiger partial charge in [0.05, 0.1) is 0 Å². The van der Waals surface area contributed by atoms with Crippen molar-refractivity contribution in [2.24, 2.45) is 0 Å². The first-order valence-corrected chi connectivity index (χ1v) is 7.40. The van der Waals surface area contributed by atoms with Crippen molar-refractivity contribution < 1.29 is 9.59 Å².